The molecule has 0 N–H and O–H groups in total. The molecule has 19 heavy (non-hydrogen) atoms. The predicted octanol–water partition coefficient (Wildman–Crippen LogP) is 4.15. The number of Topliss-reactive ketones (excluding diaryl/α,β-unsaturated/α-hetero) is 1. The summed E-state index contributed by atoms with van der Waals surface area (Å²) in [4.78, 5) is 20.4. The van der Waals surface area contributed by atoms with Crippen molar-refractivity contribution in [3.8, 4) is 0 Å². The molecule has 0 fully saturated rings. The van der Waals surface area contributed by atoms with Crippen LogP contribution < -0.4 is 0 Å². The maximum Gasteiger partial charge on any atom is 0.188 e. The van der Waals surface area contributed by atoms with Crippen molar-refractivity contribution in [1.82, 2.24) is 9.97 Å². The highest BCUT2D eigenvalue weighted by molar-refractivity contribution is 8.00. The van der Waals surface area contributed by atoms with Gasteiger partial charge in [0.05, 0.1) is 10.3 Å². The molecule has 1 aromatic carbocycles. The molecule has 98 valence electrons. The number of ketones is 1. The molecule has 0 aliphatic rings. The van der Waals surface area contributed by atoms with E-state index in [4.69, 9.17) is 23.2 Å². The van der Waals surface area contributed by atoms with Crippen LogP contribution in [0.4, 0.5) is 0 Å². The van der Waals surface area contributed by atoms with Crippen molar-refractivity contribution in [2.45, 2.75) is 17.3 Å². The molecule has 0 saturated heterocycles. The van der Waals surface area contributed by atoms with Crippen LogP contribution in [0.2, 0.25) is 10.0 Å². The van der Waals surface area contributed by atoms with Gasteiger partial charge in [-0.3, -0.25) is 4.79 Å². The topological polar surface area (TPSA) is 42.9 Å². The molecule has 0 saturated carbocycles. The standard InChI is InChI=1S/C13H10Cl2N2OS/c1-8(19-13-16-5-2-6-17-13)12(18)10-4-3-9(14)7-11(10)15/h2-8H,1H3. The van der Waals surface area contributed by atoms with Gasteiger partial charge in [-0.15, -0.1) is 0 Å². The quantitative estimate of drug-likeness (QED) is 0.483. The van der Waals surface area contributed by atoms with Gasteiger partial charge in [0.2, 0.25) is 0 Å². The molecule has 1 atom stereocenters. The first-order valence-corrected chi connectivity index (χ1v) is 7.14. The lowest BCUT2D eigenvalue weighted by atomic mass is 10.1. The molecule has 0 spiro atoms. The van der Waals surface area contributed by atoms with Crippen molar-refractivity contribution < 1.29 is 4.79 Å². The monoisotopic (exact) mass is 312 g/mol. The minimum Gasteiger partial charge on any atom is -0.293 e. The summed E-state index contributed by atoms with van der Waals surface area (Å²) < 4.78 is 0. The number of aromatic nitrogens is 2. The van der Waals surface area contributed by atoms with E-state index in [0.717, 1.165) is 0 Å². The van der Waals surface area contributed by atoms with Gasteiger partial charge < -0.3 is 0 Å². The highest BCUT2D eigenvalue weighted by Gasteiger charge is 2.20. The SMILES string of the molecule is CC(Sc1ncccn1)C(=O)c1ccc(Cl)cc1Cl. The minimum absolute atomic E-state index is 0.0703. The number of hydrogen-bond acceptors (Lipinski definition) is 4. The van der Waals surface area contributed by atoms with Crippen LogP contribution >= 0.6 is 35.0 Å². The molecule has 2 aromatic rings. The fraction of sp³-hybridized carbons (Fsp3) is 0.154. The molecule has 0 aliphatic heterocycles. The molecule has 1 unspecified atom stereocenters. The van der Waals surface area contributed by atoms with Gasteiger partial charge in [0.1, 0.15) is 0 Å². The van der Waals surface area contributed by atoms with E-state index < -0.39 is 0 Å². The number of carbonyl (C=O) groups excluding carboxylic acids is 1. The van der Waals surface area contributed by atoms with E-state index in [-0.39, 0.29) is 11.0 Å². The first kappa shape index (κ1) is 14.3. The fourth-order valence-corrected chi connectivity index (χ4v) is 2.76. The summed E-state index contributed by atoms with van der Waals surface area (Å²) in [5.41, 5.74) is 0.460. The Kier molecular flexibility index (Phi) is 4.80. The number of hydrogen-bond donors (Lipinski definition) is 0. The van der Waals surface area contributed by atoms with Crippen molar-refractivity contribution >= 4 is 40.7 Å². The zero-order valence-electron chi connectivity index (χ0n) is 10.0. The molecule has 1 heterocycles. The number of halogens is 2. The molecule has 0 radical (unpaired) electrons. The van der Waals surface area contributed by atoms with Gasteiger partial charge in [-0.05, 0) is 31.2 Å². The van der Waals surface area contributed by atoms with Crippen molar-refractivity contribution in [3.63, 3.8) is 0 Å². The van der Waals surface area contributed by atoms with E-state index in [0.29, 0.717) is 20.8 Å². The largest absolute Gasteiger partial charge is 0.293 e. The average molecular weight is 313 g/mol. The lowest BCUT2D eigenvalue weighted by Gasteiger charge is -2.10. The van der Waals surface area contributed by atoms with Gasteiger partial charge in [0.25, 0.3) is 0 Å². The van der Waals surface area contributed by atoms with Crippen molar-refractivity contribution in [2.75, 3.05) is 0 Å². The van der Waals surface area contributed by atoms with E-state index in [1.165, 1.54) is 11.8 Å². The average Bonchev–Trinajstić information content (AvgIpc) is 2.39. The molecular weight excluding hydrogens is 303 g/mol. The molecule has 0 amide bonds. The summed E-state index contributed by atoms with van der Waals surface area (Å²) in [6.45, 7) is 1.80. The Morgan fingerprint density at radius 3 is 2.58 bits per heavy atom. The highest BCUT2D eigenvalue weighted by Crippen LogP contribution is 2.27. The van der Waals surface area contributed by atoms with Gasteiger partial charge in [-0.1, -0.05) is 35.0 Å². The first-order chi connectivity index (χ1) is 9.08. The van der Waals surface area contributed by atoms with Crippen LogP contribution in [0, 0.1) is 0 Å². The first-order valence-electron chi connectivity index (χ1n) is 5.51. The summed E-state index contributed by atoms with van der Waals surface area (Å²) in [5, 5.41) is 1.11. The second-order valence-electron chi connectivity index (χ2n) is 3.78. The van der Waals surface area contributed by atoms with Gasteiger partial charge in [0.15, 0.2) is 10.9 Å². The Bertz CT molecular complexity index is 592. The Morgan fingerprint density at radius 2 is 1.95 bits per heavy atom. The summed E-state index contributed by atoms with van der Waals surface area (Å²) in [6, 6.07) is 6.58. The molecule has 0 aliphatic carbocycles. The Balaban J connectivity index is 2.15. The smallest absolute Gasteiger partial charge is 0.188 e. The molecule has 2 rings (SSSR count). The third kappa shape index (κ3) is 3.69. The Hall–Kier alpha value is -1.10. The van der Waals surface area contributed by atoms with E-state index in [1.54, 1.807) is 43.6 Å². The van der Waals surface area contributed by atoms with E-state index in [9.17, 15) is 4.79 Å². The molecular formula is C13H10Cl2N2OS. The van der Waals surface area contributed by atoms with Crippen LogP contribution in [0.25, 0.3) is 0 Å². The zero-order chi connectivity index (χ0) is 13.8. The second-order valence-corrected chi connectivity index (χ2v) is 5.93. The van der Waals surface area contributed by atoms with Crippen LogP contribution in [0.3, 0.4) is 0 Å². The van der Waals surface area contributed by atoms with E-state index in [1.807, 2.05) is 0 Å². The van der Waals surface area contributed by atoms with E-state index in [2.05, 4.69) is 9.97 Å². The van der Waals surface area contributed by atoms with E-state index >= 15 is 0 Å². The Labute approximate surface area is 125 Å². The number of carbonyl (C=O) groups is 1. The highest BCUT2D eigenvalue weighted by atomic mass is 35.5. The summed E-state index contributed by atoms with van der Waals surface area (Å²) in [5.74, 6) is -0.0703. The predicted molar refractivity (Wildman–Crippen MR) is 78.1 cm³/mol. The van der Waals surface area contributed by atoms with Crippen LogP contribution in [0.15, 0.2) is 41.8 Å². The van der Waals surface area contributed by atoms with Crippen molar-refractivity contribution in [3.05, 3.63) is 52.3 Å². The van der Waals surface area contributed by atoms with Crippen LogP contribution in [-0.2, 0) is 0 Å². The lowest BCUT2D eigenvalue weighted by molar-refractivity contribution is 0.0994. The molecule has 1 aromatic heterocycles. The number of rotatable bonds is 4. The molecule has 6 heteroatoms. The third-order valence-electron chi connectivity index (χ3n) is 2.39. The second kappa shape index (κ2) is 6.37. The summed E-state index contributed by atoms with van der Waals surface area (Å²) in [6.07, 6.45) is 3.28. The molecule has 3 nitrogen and oxygen atoms in total. The van der Waals surface area contributed by atoms with Gasteiger partial charge >= 0.3 is 0 Å². The lowest BCUT2D eigenvalue weighted by Crippen LogP contribution is -2.14. The third-order valence-corrected chi connectivity index (χ3v) is 3.93. The van der Waals surface area contributed by atoms with Crippen molar-refractivity contribution in [2.24, 2.45) is 0 Å². The normalized spacial score (nSPS) is 12.2. The summed E-state index contributed by atoms with van der Waals surface area (Å²) in [7, 11) is 0. The van der Waals surface area contributed by atoms with Crippen LogP contribution in [0.5, 0.6) is 0 Å². The maximum absolute atomic E-state index is 12.3. The van der Waals surface area contributed by atoms with Crippen LogP contribution in [-0.4, -0.2) is 21.0 Å². The minimum atomic E-state index is -0.318. The number of benzene rings is 1. The number of nitrogens with zero attached hydrogens (tertiary/aromatic N) is 2. The van der Waals surface area contributed by atoms with Gasteiger partial charge in [0, 0.05) is 23.0 Å². The van der Waals surface area contributed by atoms with Gasteiger partial charge in [-0.2, -0.15) is 0 Å². The van der Waals surface area contributed by atoms with Crippen molar-refractivity contribution in [1.29, 1.82) is 0 Å². The number of thioether (sulfide) groups is 1. The fourth-order valence-electron chi connectivity index (χ4n) is 1.47. The van der Waals surface area contributed by atoms with Gasteiger partial charge in [-0.25, -0.2) is 9.97 Å². The maximum atomic E-state index is 12.3. The summed E-state index contributed by atoms with van der Waals surface area (Å²) >= 11 is 13.1. The van der Waals surface area contributed by atoms with Crippen LogP contribution in [0.1, 0.15) is 17.3 Å². The Morgan fingerprint density at radius 1 is 1.26 bits per heavy atom. The zero-order valence-corrected chi connectivity index (χ0v) is 12.3. The molecule has 0 bridgehead atoms.